The summed E-state index contributed by atoms with van der Waals surface area (Å²) in [7, 11) is 0. The van der Waals surface area contributed by atoms with Crippen LogP contribution in [0.2, 0.25) is 0 Å². The molecule has 1 fully saturated rings. The van der Waals surface area contributed by atoms with Gasteiger partial charge in [0.25, 0.3) is 0 Å². The Kier molecular flexibility index (Phi) is 6.73. The molecule has 4 nitrogen and oxygen atoms in total. The molecule has 1 aliphatic carbocycles. The summed E-state index contributed by atoms with van der Waals surface area (Å²) in [5.74, 6) is 1.11. The Labute approximate surface area is 244 Å². The second-order valence-corrected chi connectivity index (χ2v) is 10.8. The van der Waals surface area contributed by atoms with Crippen molar-refractivity contribution in [1.82, 2.24) is 0 Å². The van der Waals surface area contributed by atoms with Gasteiger partial charge in [0.05, 0.1) is 11.1 Å². The van der Waals surface area contributed by atoms with Crippen LogP contribution in [0.15, 0.2) is 133 Å². The van der Waals surface area contributed by atoms with E-state index >= 15 is 0 Å². The minimum atomic E-state index is -0.367. The van der Waals surface area contributed by atoms with Gasteiger partial charge >= 0.3 is 11.9 Å². The Morgan fingerprint density at radius 3 is 1.24 bits per heavy atom. The lowest BCUT2D eigenvalue weighted by atomic mass is 9.67. The van der Waals surface area contributed by atoms with Gasteiger partial charge in [-0.15, -0.1) is 0 Å². The van der Waals surface area contributed by atoms with Crippen molar-refractivity contribution < 1.29 is 19.1 Å². The van der Waals surface area contributed by atoms with E-state index < -0.39 is 0 Å². The fourth-order valence-electron chi connectivity index (χ4n) is 5.92. The molecule has 2 atom stereocenters. The van der Waals surface area contributed by atoms with Gasteiger partial charge in [-0.2, -0.15) is 0 Å². The number of rotatable bonds is 6. The predicted octanol–water partition coefficient (Wildman–Crippen LogP) is 9.09. The first-order valence-corrected chi connectivity index (χ1v) is 14.2. The third kappa shape index (κ3) is 4.92. The molecular weight excluding hydrogens is 520 g/mol. The number of fused-ring (bicyclic) bond motifs is 2. The summed E-state index contributed by atoms with van der Waals surface area (Å²) in [4.78, 5) is 25.8. The second-order valence-electron chi connectivity index (χ2n) is 10.8. The number of carbonyl (C=O) groups excluding carboxylic acids is 2. The number of benzene rings is 6. The van der Waals surface area contributed by atoms with E-state index in [4.69, 9.17) is 9.47 Å². The molecule has 6 aromatic rings. The third-order valence-corrected chi connectivity index (χ3v) is 8.33. The van der Waals surface area contributed by atoms with E-state index in [9.17, 15) is 9.59 Å². The first kappa shape index (κ1) is 25.7. The van der Waals surface area contributed by atoms with Gasteiger partial charge in [0.15, 0.2) is 0 Å². The molecular formula is C38H28O4. The molecule has 1 aliphatic rings. The van der Waals surface area contributed by atoms with Crippen LogP contribution in [0.5, 0.6) is 11.5 Å². The zero-order valence-corrected chi connectivity index (χ0v) is 22.9. The molecule has 4 heteroatoms. The molecule has 1 saturated carbocycles. The lowest BCUT2D eigenvalue weighted by Gasteiger charge is -2.37. The van der Waals surface area contributed by atoms with Gasteiger partial charge < -0.3 is 9.47 Å². The summed E-state index contributed by atoms with van der Waals surface area (Å²) in [6.45, 7) is 0. The highest BCUT2D eigenvalue weighted by Crippen LogP contribution is 2.49. The average Bonchev–Trinajstić information content (AvgIpc) is 3.01. The molecule has 0 heterocycles. The van der Waals surface area contributed by atoms with E-state index in [0.29, 0.717) is 34.5 Å². The molecule has 0 aromatic heterocycles. The number of hydrogen-bond acceptors (Lipinski definition) is 4. The van der Waals surface area contributed by atoms with E-state index in [1.807, 2.05) is 133 Å². The average molecular weight is 549 g/mol. The van der Waals surface area contributed by atoms with Gasteiger partial charge in [-0.05, 0) is 83.0 Å². The standard InChI is InChI=1S/C38H28O4/c39-37(41-35-13-5-9-25-7-1-3-11-33(25)35)29-19-15-27(16-20-29)31-23-24-32(31)28-17-21-30(22-18-28)38(40)42-36-14-6-10-26-8-2-4-12-34(26)36/h1-22,31-32H,23-24H2/t31-,32+. The van der Waals surface area contributed by atoms with Crippen molar-refractivity contribution in [2.45, 2.75) is 24.7 Å². The van der Waals surface area contributed by atoms with E-state index in [1.54, 1.807) is 0 Å². The van der Waals surface area contributed by atoms with Crippen LogP contribution in [-0.4, -0.2) is 11.9 Å². The van der Waals surface area contributed by atoms with Gasteiger partial charge in [-0.3, -0.25) is 0 Å². The Bertz CT molecular complexity index is 1770. The highest BCUT2D eigenvalue weighted by Gasteiger charge is 2.33. The maximum Gasteiger partial charge on any atom is 0.343 e. The second kappa shape index (κ2) is 11.0. The van der Waals surface area contributed by atoms with E-state index in [0.717, 1.165) is 34.4 Å². The van der Waals surface area contributed by atoms with Crippen molar-refractivity contribution in [2.24, 2.45) is 0 Å². The van der Waals surface area contributed by atoms with Crippen LogP contribution < -0.4 is 9.47 Å². The van der Waals surface area contributed by atoms with Gasteiger partial charge in [-0.25, -0.2) is 9.59 Å². The molecule has 0 unspecified atom stereocenters. The minimum absolute atomic E-state index is 0.363. The molecule has 0 aliphatic heterocycles. The highest BCUT2D eigenvalue weighted by molar-refractivity contribution is 5.96. The van der Waals surface area contributed by atoms with Gasteiger partial charge in [0.2, 0.25) is 0 Å². The monoisotopic (exact) mass is 548 g/mol. The smallest absolute Gasteiger partial charge is 0.343 e. The van der Waals surface area contributed by atoms with Gasteiger partial charge in [0, 0.05) is 10.8 Å². The number of hydrogen-bond donors (Lipinski definition) is 0. The van der Waals surface area contributed by atoms with E-state index in [2.05, 4.69) is 0 Å². The van der Waals surface area contributed by atoms with Gasteiger partial charge in [0.1, 0.15) is 11.5 Å². The van der Waals surface area contributed by atoms with Crippen LogP contribution >= 0.6 is 0 Å². The fraction of sp³-hybridized carbons (Fsp3) is 0.105. The zero-order valence-electron chi connectivity index (χ0n) is 22.9. The van der Waals surface area contributed by atoms with Crippen LogP contribution in [0.3, 0.4) is 0 Å². The maximum absolute atomic E-state index is 12.9. The molecule has 0 radical (unpaired) electrons. The maximum atomic E-state index is 12.9. The highest BCUT2D eigenvalue weighted by atomic mass is 16.5. The molecule has 0 saturated heterocycles. The van der Waals surface area contributed by atoms with Crippen LogP contribution in [0.4, 0.5) is 0 Å². The Morgan fingerprint density at radius 1 is 0.452 bits per heavy atom. The quantitative estimate of drug-likeness (QED) is 0.154. The van der Waals surface area contributed by atoms with Crippen LogP contribution in [0, 0.1) is 0 Å². The van der Waals surface area contributed by atoms with Crippen molar-refractivity contribution in [3.8, 4) is 11.5 Å². The first-order chi connectivity index (χ1) is 20.6. The van der Waals surface area contributed by atoms with E-state index in [-0.39, 0.29) is 11.9 Å². The zero-order chi connectivity index (χ0) is 28.5. The first-order valence-electron chi connectivity index (χ1n) is 14.2. The summed E-state index contributed by atoms with van der Waals surface area (Å²) < 4.78 is 11.5. The molecule has 0 N–H and O–H groups in total. The summed E-state index contributed by atoms with van der Waals surface area (Å²) in [5, 5.41) is 3.89. The fourth-order valence-corrected chi connectivity index (χ4v) is 5.92. The molecule has 0 amide bonds. The van der Waals surface area contributed by atoms with Crippen molar-refractivity contribution in [2.75, 3.05) is 0 Å². The Balaban J connectivity index is 1.02. The van der Waals surface area contributed by atoms with Crippen LogP contribution in [0.1, 0.15) is 56.5 Å². The topological polar surface area (TPSA) is 52.6 Å². The lowest BCUT2D eigenvalue weighted by Crippen LogP contribution is -2.22. The van der Waals surface area contributed by atoms with E-state index in [1.165, 1.54) is 11.1 Å². The number of esters is 2. The van der Waals surface area contributed by atoms with Crippen molar-refractivity contribution in [3.63, 3.8) is 0 Å². The largest absolute Gasteiger partial charge is 0.422 e. The normalized spacial score (nSPS) is 16.1. The Hall–Kier alpha value is -5.22. The van der Waals surface area contributed by atoms with Crippen molar-refractivity contribution in [1.29, 1.82) is 0 Å². The molecule has 42 heavy (non-hydrogen) atoms. The summed E-state index contributed by atoms with van der Waals surface area (Å²) in [6.07, 6.45) is 2.16. The summed E-state index contributed by atoms with van der Waals surface area (Å²) in [5.41, 5.74) is 3.45. The predicted molar refractivity (Wildman–Crippen MR) is 165 cm³/mol. The summed E-state index contributed by atoms with van der Waals surface area (Å²) >= 11 is 0. The number of ether oxygens (including phenoxy) is 2. The van der Waals surface area contributed by atoms with Crippen LogP contribution in [0.25, 0.3) is 21.5 Å². The lowest BCUT2D eigenvalue weighted by molar-refractivity contribution is 0.0727. The SMILES string of the molecule is O=C(Oc1cccc2ccccc12)c1ccc([C@H]2CC[C@H]2c2ccc(C(=O)Oc3cccc4ccccc34)cc2)cc1. The number of carbonyl (C=O) groups is 2. The van der Waals surface area contributed by atoms with Crippen molar-refractivity contribution in [3.05, 3.63) is 156 Å². The molecule has 0 spiro atoms. The van der Waals surface area contributed by atoms with Gasteiger partial charge in [-0.1, -0.05) is 97.1 Å². The molecule has 204 valence electrons. The van der Waals surface area contributed by atoms with Crippen LogP contribution in [-0.2, 0) is 0 Å². The molecule has 6 aromatic carbocycles. The molecule has 7 rings (SSSR count). The Morgan fingerprint density at radius 2 is 0.833 bits per heavy atom. The third-order valence-electron chi connectivity index (χ3n) is 8.33. The molecule has 0 bridgehead atoms. The van der Waals surface area contributed by atoms with Crippen molar-refractivity contribution >= 4 is 33.5 Å². The minimum Gasteiger partial charge on any atom is -0.422 e. The summed E-state index contributed by atoms with van der Waals surface area (Å²) in [6, 6.07) is 42.7.